The van der Waals surface area contributed by atoms with Gasteiger partial charge in [-0.15, -0.1) is 0 Å². The van der Waals surface area contributed by atoms with Gasteiger partial charge in [-0.1, -0.05) is 33.8 Å². The molecule has 2 heteroatoms. The fourth-order valence-corrected chi connectivity index (χ4v) is 1.20. The van der Waals surface area contributed by atoms with Crippen molar-refractivity contribution in [1.29, 1.82) is 0 Å². The minimum absolute atomic E-state index is 0.626. The Balaban J connectivity index is 2.71. The maximum absolute atomic E-state index is 5.31. The van der Waals surface area contributed by atoms with Crippen LogP contribution in [0.25, 0.3) is 0 Å². The van der Waals surface area contributed by atoms with Gasteiger partial charge in [0.1, 0.15) is 0 Å². The summed E-state index contributed by atoms with van der Waals surface area (Å²) in [5.41, 5.74) is 6.34. The van der Waals surface area contributed by atoms with Gasteiger partial charge in [-0.3, -0.25) is 0 Å². The van der Waals surface area contributed by atoms with Crippen LogP contribution < -0.4 is 5.73 Å². The van der Waals surface area contributed by atoms with Gasteiger partial charge in [-0.2, -0.15) is 0 Å². The highest BCUT2D eigenvalue weighted by Crippen LogP contribution is 2.10. The lowest BCUT2D eigenvalue weighted by molar-refractivity contribution is 1.03. The lowest BCUT2D eigenvalue weighted by Gasteiger charge is -1.90. The van der Waals surface area contributed by atoms with E-state index in [1.807, 2.05) is 24.3 Å². The van der Waals surface area contributed by atoms with Crippen LogP contribution in [-0.4, -0.2) is 6.54 Å². The van der Waals surface area contributed by atoms with E-state index in [1.165, 1.54) is 0 Å². The van der Waals surface area contributed by atoms with E-state index in [1.54, 1.807) is 0 Å². The molecule has 1 aromatic carbocycles. The molecule has 0 aliphatic heterocycles. The second-order valence-electron chi connectivity index (χ2n) is 2.35. The molecule has 0 amide bonds. The lowest BCUT2D eigenvalue weighted by Crippen LogP contribution is -1.95. The molecule has 0 saturated carbocycles. The SMILES string of the molecule is NCCC#Cc1cccc(Br)c1. The largest absolute Gasteiger partial charge is 0.330 e. The molecule has 0 aliphatic rings. The smallest absolute Gasteiger partial charge is 0.0256 e. The molecule has 1 aromatic rings. The first-order valence-corrected chi connectivity index (χ1v) is 4.57. The summed E-state index contributed by atoms with van der Waals surface area (Å²) in [6.45, 7) is 0.626. The van der Waals surface area contributed by atoms with Gasteiger partial charge < -0.3 is 5.73 Å². The Morgan fingerprint density at radius 3 is 2.92 bits per heavy atom. The van der Waals surface area contributed by atoms with Gasteiger partial charge in [0.25, 0.3) is 0 Å². The van der Waals surface area contributed by atoms with Crippen LogP contribution in [0.3, 0.4) is 0 Å². The Kier molecular flexibility index (Phi) is 3.86. The van der Waals surface area contributed by atoms with E-state index in [9.17, 15) is 0 Å². The maximum Gasteiger partial charge on any atom is 0.0256 e. The predicted octanol–water partition coefficient (Wildman–Crippen LogP) is 2.15. The third-order valence-electron chi connectivity index (χ3n) is 1.33. The Bertz CT molecular complexity index is 309. The highest BCUT2D eigenvalue weighted by Gasteiger charge is 1.86. The van der Waals surface area contributed by atoms with Gasteiger partial charge in [0.15, 0.2) is 0 Å². The fraction of sp³-hybridized carbons (Fsp3) is 0.200. The van der Waals surface area contributed by atoms with Crippen LogP contribution >= 0.6 is 15.9 Å². The van der Waals surface area contributed by atoms with Gasteiger partial charge in [-0.25, -0.2) is 0 Å². The van der Waals surface area contributed by atoms with Gasteiger partial charge in [0.2, 0.25) is 0 Å². The van der Waals surface area contributed by atoms with E-state index in [4.69, 9.17) is 5.73 Å². The standard InChI is InChI=1S/C10H10BrN/c11-10-6-3-5-9(8-10)4-1-2-7-12/h3,5-6,8H,2,7,12H2. The van der Waals surface area contributed by atoms with Crippen LogP contribution in [0.4, 0.5) is 0 Å². The highest BCUT2D eigenvalue weighted by atomic mass is 79.9. The van der Waals surface area contributed by atoms with Crippen molar-refractivity contribution < 1.29 is 0 Å². The Labute approximate surface area is 81.1 Å². The Morgan fingerprint density at radius 2 is 2.25 bits per heavy atom. The zero-order chi connectivity index (χ0) is 8.81. The third-order valence-corrected chi connectivity index (χ3v) is 1.82. The molecule has 0 atom stereocenters. The van der Waals surface area contributed by atoms with Gasteiger partial charge in [-0.05, 0) is 18.2 Å². The molecule has 0 radical (unpaired) electrons. The predicted molar refractivity (Wildman–Crippen MR) is 54.7 cm³/mol. The molecule has 0 fully saturated rings. The van der Waals surface area contributed by atoms with Crippen LogP contribution in [0.1, 0.15) is 12.0 Å². The summed E-state index contributed by atoms with van der Waals surface area (Å²) in [7, 11) is 0. The molecule has 12 heavy (non-hydrogen) atoms. The van der Waals surface area contributed by atoms with Gasteiger partial charge >= 0.3 is 0 Å². The van der Waals surface area contributed by atoms with Crippen molar-refractivity contribution in [3.8, 4) is 11.8 Å². The minimum atomic E-state index is 0.626. The minimum Gasteiger partial charge on any atom is -0.330 e. The number of rotatable bonds is 1. The van der Waals surface area contributed by atoms with Crippen LogP contribution in [0.5, 0.6) is 0 Å². The quantitative estimate of drug-likeness (QED) is 0.726. The summed E-state index contributed by atoms with van der Waals surface area (Å²) in [5, 5.41) is 0. The third kappa shape index (κ3) is 3.08. The molecule has 0 aliphatic carbocycles. The first-order chi connectivity index (χ1) is 5.83. The Hall–Kier alpha value is -0.780. The summed E-state index contributed by atoms with van der Waals surface area (Å²) >= 11 is 3.38. The first kappa shape index (κ1) is 9.31. The molecule has 0 bridgehead atoms. The number of halogens is 1. The van der Waals surface area contributed by atoms with Crippen molar-refractivity contribution in [2.24, 2.45) is 5.73 Å². The zero-order valence-electron chi connectivity index (χ0n) is 6.68. The van der Waals surface area contributed by atoms with E-state index in [0.29, 0.717) is 6.54 Å². The van der Waals surface area contributed by atoms with E-state index in [0.717, 1.165) is 16.5 Å². The van der Waals surface area contributed by atoms with Crippen molar-refractivity contribution in [3.05, 3.63) is 34.3 Å². The topological polar surface area (TPSA) is 26.0 Å². The van der Waals surface area contributed by atoms with Crippen molar-refractivity contribution in [1.82, 2.24) is 0 Å². The van der Waals surface area contributed by atoms with E-state index in [-0.39, 0.29) is 0 Å². The van der Waals surface area contributed by atoms with Crippen molar-refractivity contribution in [2.45, 2.75) is 6.42 Å². The summed E-state index contributed by atoms with van der Waals surface area (Å²) in [6, 6.07) is 7.92. The average Bonchev–Trinajstić information content (AvgIpc) is 2.05. The summed E-state index contributed by atoms with van der Waals surface area (Å²) in [5.74, 6) is 6.01. The molecular formula is C10H10BrN. The van der Waals surface area contributed by atoms with Crippen LogP contribution in [-0.2, 0) is 0 Å². The molecule has 62 valence electrons. The van der Waals surface area contributed by atoms with Crippen LogP contribution in [0.15, 0.2) is 28.7 Å². The summed E-state index contributed by atoms with van der Waals surface area (Å²) in [6.07, 6.45) is 0.756. The monoisotopic (exact) mass is 223 g/mol. The van der Waals surface area contributed by atoms with Crippen molar-refractivity contribution >= 4 is 15.9 Å². The van der Waals surface area contributed by atoms with E-state index < -0.39 is 0 Å². The highest BCUT2D eigenvalue weighted by molar-refractivity contribution is 9.10. The zero-order valence-corrected chi connectivity index (χ0v) is 8.26. The molecule has 0 aromatic heterocycles. The maximum atomic E-state index is 5.31. The molecule has 2 N–H and O–H groups in total. The molecule has 0 saturated heterocycles. The number of benzene rings is 1. The average molecular weight is 224 g/mol. The normalized spacial score (nSPS) is 8.83. The summed E-state index contributed by atoms with van der Waals surface area (Å²) in [4.78, 5) is 0. The molecular weight excluding hydrogens is 214 g/mol. The van der Waals surface area contributed by atoms with E-state index in [2.05, 4.69) is 27.8 Å². The van der Waals surface area contributed by atoms with Crippen LogP contribution in [0.2, 0.25) is 0 Å². The second kappa shape index (κ2) is 4.97. The number of hydrogen-bond acceptors (Lipinski definition) is 1. The van der Waals surface area contributed by atoms with Crippen molar-refractivity contribution in [2.75, 3.05) is 6.54 Å². The van der Waals surface area contributed by atoms with Crippen molar-refractivity contribution in [3.63, 3.8) is 0 Å². The molecule has 0 spiro atoms. The number of hydrogen-bond donors (Lipinski definition) is 1. The Morgan fingerprint density at radius 1 is 1.42 bits per heavy atom. The van der Waals surface area contributed by atoms with Gasteiger partial charge in [0.05, 0.1) is 0 Å². The lowest BCUT2D eigenvalue weighted by atomic mass is 10.2. The second-order valence-corrected chi connectivity index (χ2v) is 3.27. The van der Waals surface area contributed by atoms with Gasteiger partial charge in [0, 0.05) is 23.0 Å². The number of nitrogens with two attached hydrogens (primary N) is 1. The molecule has 1 nitrogen and oxygen atoms in total. The molecule has 1 rings (SSSR count). The first-order valence-electron chi connectivity index (χ1n) is 3.77. The van der Waals surface area contributed by atoms with E-state index >= 15 is 0 Å². The fourth-order valence-electron chi connectivity index (χ4n) is 0.803. The molecule has 0 unspecified atom stereocenters. The van der Waals surface area contributed by atoms with Crippen LogP contribution in [0, 0.1) is 11.8 Å². The molecule has 0 heterocycles. The summed E-state index contributed by atoms with van der Waals surface area (Å²) < 4.78 is 1.06.